The Hall–Kier alpha value is -1.87. The lowest BCUT2D eigenvalue weighted by molar-refractivity contribution is 0.298. The summed E-state index contributed by atoms with van der Waals surface area (Å²) in [6, 6.07) is 14.4. The number of aliphatic imine (C=N–C) groups is 1. The summed E-state index contributed by atoms with van der Waals surface area (Å²) in [5.41, 5.74) is 2.30. The number of benzene rings is 1. The second kappa shape index (κ2) is 12.5. The minimum absolute atomic E-state index is 0. The third kappa shape index (κ3) is 7.72. The Labute approximate surface area is 179 Å². The van der Waals surface area contributed by atoms with Gasteiger partial charge >= 0.3 is 0 Å². The summed E-state index contributed by atoms with van der Waals surface area (Å²) in [5, 5.41) is 6.75. The lowest BCUT2D eigenvalue weighted by Crippen LogP contribution is -2.42. The number of hydrogen-bond donors (Lipinski definition) is 2. The van der Waals surface area contributed by atoms with E-state index in [1.54, 1.807) is 14.2 Å². The molecule has 0 fully saturated rings. The second-order valence-electron chi connectivity index (χ2n) is 6.20. The van der Waals surface area contributed by atoms with Gasteiger partial charge in [0.25, 0.3) is 0 Å². The maximum absolute atomic E-state index is 5.24. The van der Waals surface area contributed by atoms with Gasteiger partial charge in [0.2, 0.25) is 0 Å². The van der Waals surface area contributed by atoms with Gasteiger partial charge in [0.05, 0.1) is 13.2 Å². The topological polar surface area (TPSA) is 61.8 Å². The number of aromatic nitrogens is 1. The van der Waals surface area contributed by atoms with Crippen LogP contribution in [0.3, 0.4) is 0 Å². The molecule has 1 heterocycles. The van der Waals surface area contributed by atoms with E-state index in [1.165, 1.54) is 5.56 Å². The quantitative estimate of drug-likeness (QED) is 0.344. The average Bonchev–Trinajstić information content (AvgIpc) is 2.67. The summed E-state index contributed by atoms with van der Waals surface area (Å²) in [5.74, 6) is 1.66. The fourth-order valence-corrected chi connectivity index (χ4v) is 2.69. The van der Waals surface area contributed by atoms with E-state index >= 15 is 0 Å². The van der Waals surface area contributed by atoms with E-state index in [0.29, 0.717) is 0 Å². The van der Waals surface area contributed by atoms with E-state index in [4.69, 9.17) is 4.74 Å². The molecular weight excluding hydrogens is 453 g/mol. The van der Waals surface area contributed by atoms with Crippen molar-refractivity contribution < 1.29 is 4.74 Å². The Morgan fingerprint density at radius 1 is 1.15 bits per heavy atom. The average molecular weight is 483 g/mol. The molecule has 6 nitrogen and oxygen atoms in total. The van der Waals surface area contributed by atoms with Crippen LogP contribution in [0.25, 0.3) is 0 Å². The SMILES string of the molecule is CN=C(NCCc1ccccn1)NCC(c1ccc(OC)cc1)N(C)C.I. The molecule has 0 amide bonds. The number of guanidine groups is 1. The molecular formula is C20H30IN5O. The van der Waals surface area contributed by atoms with E-state index in [-0.39, 0.29) is 30.0 Å². The Morgan fingerprint density at radius 3 is 2.44 bits per heavy atom. The van der Waals surface area contributed by atoms with Gasteiger partial charge in [-0.25, -0.2) is 0 Å². The lowest BCUT2D eigenvalue weighted by Gasteiger charge is -2.26. The second-order valence-corrected chi connectivity index (χ2v) is 6.20. The van der Waals surface area contributed by atoms with Gasteiger partial charge in [0, 0.05) is 38.4 Å². The zero-order valence-electron chi connectivity index (χ0n) is 16.5. The minimum atomic E-state index is 0. The number of likely N-dealkylation sites (N-methyl/N-ethyl adjacent to an activating group) is 1. The monoisotopic (exact) mass is 483 g/mol. The zero-order valence-corrected chi connectivity index (χ0v) is 18.8. The third-order valence-corrected chi connectivity index (χ3v) is 4.21. The van der Waals surface area contributed by atoms with Gasteiger partial charge in [-0.05, 0) is 43.9 Å². The highest BCUT2D eigenvalue weighted by atomic mass is 127. The molecule has 0 bridgehead atoms. The van der Waals surface area contributed by atoms with Crippen molar-refractivity contribution in [3.05, 3.63) is 59.9 Å². The number of ether oxygens (including phenoxy) is 1. The number of nitrogens with one attached hydrogen (secondary N) is 2. The van der Waals surface area contributed by atoms with Crippen LogP contribution in [0.4, 0.5) is 0 Å². The highest BCUT2D eigenvalue weighted by Gasteiger charge is 2.14. The molecule has 0 aliphatic carbocycles. The molecule has 148 valence electrons. The van der Waals surface area contributed by atoms with Gasteiger partial charge in [-0.2, -0.15) is 0 Å². The van der Waals surface area contributed by atoms with Gasteiger partial charge in [-0.3, -0.25) is 9.98 Å². The van der Waals surface area contributed by atoms with Crippen LogP contribution in [0, 0.1) is 0 Å². The molecule has 1 atom stereocenters. The van der Waals surface area contributed by atoms with Gasteiger partial charge < -0.3 is 20.3 Å². The van der Waals surface area contributed by atoms with Crippen molar-refractivity contribution in [2.45, 2.75) is 12.5 Å². The molecule has 1 unspecified atom stereocenters. The molecule has 0 aliphatic heterocycles. The summed E-state index contributed by atoms with van der Waals surface area (Å²) < 4.78 is 5.24. The van der Waals surface area contributed by atoms with E-state index in [2.05, 4.69) is 51.7 Å². The van der Waals surface area contributed by atoms with Gasteiger partial charge in [0.15, 0.2) is 5.96 Å². The molecule has 0 aliphatic rings. The van der Waals surface area contributed by atoms with Crippen molar-refractivity contribution in [3.63, 3.8) is 0 Å². The standard InChI is InChI=1S/C20H29N5O.HI/c1-21-20(23-14-12-17-7-5-6-13-22-17)24-15-19(25(2)3)16-8-10-18(26-4)11-9-16;/h5-11,13,19H,12,14-15H2,1-4H3,(H2,21,23,24);1H. The van der Waals surface area contributed by atoms with Crippen molar-refractivity contribution in [1.29, 1.82) is 0 Å². The minimum Gasteiger partial charge on any atom is -0.497 e. The summed E-state index contributed by atoms with van der Waals surface area (Å²) in [6.45, 7) is 1.54. The van der Waals surface area contributed by atoms with Gasteiger partial charge in [-0.15, -0.1) is 24.0 Å². The lowest BCUT2D eigenvalue weighted by atomic mass is 10.1. The zero-order chi connectivity index (χ0) is 18.8. The maximum atomic E-state index is 5.24. The van der Waals surface area contributed by atoms with Crippen LogP contribution in [0.1, 0.15) is 17.3 Å². The largest absolute Gasteiger partial charge is 0.497 e. The van der Waals surface area contributed by atoms with Gasteiger partial charge in [-0.1, -0.05) is 18.2 Å². The number of nitrogens with zero attached hydrogens (tertiary/aromatic N) is 3. The van der Waals surface area contributed by atoms with Crippen molar-refractivity contribution >= 4 is 29.9 Å². The van der Waals surface area contributed by atoms with Crippen LogP contribution >= 0.6 is 24.0 Å². The predicted octanol–water partition coefficient (Wildman–Crippen LogP) is 2.72. The van der Waals surface area contributed by atoms with Crippen LogP contribution in [-0.2, 0) is 6.42 Å². The first-order valence-corrected chi connectivity index (χ1v) is 8.79. The third-order valence-electron chi connectivity index (χ3n) is 4.21. The van der Waals surface area contributed by atoms with Crippen molar-refractivity contribution in [2.24, 2.45) is 4.99 Å². The normalized spacial score (nSPS) is 12.3. The molecule has 2 aromatic rings. The summed E-state index contributed by atoms with van der Waals surface area (Å²) in [7, 11) is 7.62. The Morgan fingerprint density at radius 2 is 1.89 bits per heavy atom. The first-order chi connectivity index (χ1) is 12.6. The smallest absolute Gasteiger partial charge is 0.191 e. The summed E-state index contributed by atoms with van der Waals surface area (Å²) in [4.78, 5) is 10.8. The number of rotatable bonds is 8. The molecule has 0 spiro atoms. The first kappa shape index (κ1) is 23.2. The maximum Gasteiger partial charge on any atom is 0.191 e. The molecule has 0 radical (unpaired) electrons. The first-order valence-electron chi connectivity index (χ1n) is 8.79. The van der Waals surface area contributed by atoms with Crippen molar-refractivity contribution in [2.75, 3.05) is 41.3 Å². The van der Waals surface area contributed by atoms with Crippen LogP contribution in [0.2, 0.25) is 0 Å². The Bertz CT molecular complexity index is 677. The number of pyridine rings is 1. The number of methoxy groups -OCH3 is 1. The fourth-order valence-electron chi connectivity index (χ4n) is 2.69. The molecule has 1 aromatic heterocycles. The number of halogens is 1. The molecule has 1 aromatic carbocycles. The summed E-state index contributed by atoms with van der Waals surface area (Å²) >= 11 is 0. The molecule has 0 saturated carbocycles. The van der Waals surface area contributed by atoms with Crippen LogP contribution in [0.5, 0.6) is 5.75 Å². The highest BCUT2D eigenvalue weighted by Crippen LogP contribution is 2.20. The van der Waals surface area contributed by atoms with Crippen LogP contribution < -0.4 is 15.4 Å². The predicted molar refractivity (Wildman–Crippen MR) is 122 cm³/mol. The molecule has 27 heavy (non-hydrogen) atoms. The van der Waals surface area contributed by atoms with Crippen LogP contribution in [0.15, 0.2) is 53.7 Å². The van der Waals surface area contributed by atoms with E-state index in [9.17, 15) is 0 Å². The Balaban J connectivity index is 0.00000364. The molecule has 0 saturated heterocycles. The van der Waals surface area contributed by atoms with E-state index in [0.717, 1.165) is 36.9 Å². The van der Waals surface area contributed by atoms with E-state index in [1.807, 2.05) is 36.5 Å². The van der Waals surface area contributed by atoms with Gasteiger partial charge in [0.1, 0.15) is 5.75 Å². The highest BCUT2D eigenvalue weighted by molar-refractivity contribution is 14.0. The molecule has 2 N–H and O–H groups in total. The summed E-state index contributed by atoms with van der Waals surface area (Å²) in [6.07, 6.45) is 2.68. The fraction of sp³-hybridized carbons (Fsp3) is 0.400. The van der Waals surface area contributed by atoms with Crippen molar-refractivity contribution in [3.8, 4) is 5.75 Å². The van der Waals surface area contributed by atoms with E-state index < -0.39 is 0 Å². The Kier molecular flexibility index (Phi) is 10.7. The van der Waals surface area contributed by atoms with Crippen LogP contribution in [-0.4, -0.2) is 57.2 Å². The number of hydrogen-bond acceptors (Lipinski definition) is 4. The van der Waals surface area contributed by atoms with Crippen molar-refractivity contribution in [1.82, 2.24) is 20.5 Å². The molecule has 7 heteroatoms. The molecule has 2 rings (SSSR count).